The number of nitrogens with one attached hydrogen (secondary N) is 2. The highest BCUT2D eigenvalue weighted by Gasteiger charge is 2.36. The van der Waals surface area contributed by atoms with E-state index in [1.54, 1.807) is 30.3 Å². The van der Waals surface area contributed by atoms with Crippen LogP contribution in [0, 0.1) is 11.2 Å². The third-order valence-corrected chi connectivity index (χ3v) is 4.31. The number of carbonyl (C=O) groups excluding carboxylic acids is 2. The first-order chi connectivity index (χ1) is 13.8. The highest BCUT2D eigenvalue weighted by atomic mass is 19.1. The monoisotopic (exact) mass is 392 g/mol. The fourth-order valence-corrected chi connectivity index (χ4v) is 2.47. The van der Waals surface area contributed by atoms with Crippen LogP contribution in [0.1, 0.15) is 13.8 Å². The molecular weight excluding hydrogens is 371 g/mol. The maximum atomic E-state index is 13.3. The van der Waals surface area contributed by atoms with Gasteiger partial charge >= 0.3 is 0 Å². The van der Waals surface area contributed by atoms with Gasteiger partial charge in [-0.1, -0.05) is 24.3 Å². The fourth-order valence-electron chi connectivity index (χ4n) is 2.47. The van der Waals surface area contributed by atoms with E-state index in [0.717, 1.165) is 0 Å². The van der Waals surface area contributed by atoms with Crippen molar-refractivity contribution in [1.82, 2.24) is 0 Å². The van der Waals surface area contributed by atoms with Crippen LogP contribution in [0.4, 0.5) is 15.8 Å². The standard InChI is InChI=1S/C23H21FN2O3/c1-23(2,22(28)26-18-8-6-7-16(24)15-18)21(27)25-17-11-13-20(14-12-17)29-19-9-4-3-5-10-19/h3-15H,1-2H3,(H,25,27)(H,26,28). The molecule has 0 heterocycles. The number of hydrogen-bond donors (Lipinski definition) is 2. The molecule has 0 spiro atoms. The van der Waals surface area contributed by atoms with E-state index < -0.39 is 23.0 Å². The largest absolute Gasteiger partial charge is 0.457 e. The lowest BCUT2D eigenvalue weighted by molar-refractivity contribution is -0.135. The van der Waals surface area contributed by atoms with E-state index in [1.807, 2.05) is 30.3 Å². The van der Waals surface area contributed by atoms with Crippen LogP contribution < -0.4 is 15.4 Å². The van der Waals surface area contributed by atoms with Gasteiger partial charge in [0.05, 0.1) is 0 Å². The van der Waals surface area contributed by atoms with Crippen molar-refractivity contribution in [2.24, 2.45) is 5.41 Å². The minimum atomic E-state index is -1.37. The first-order valence-corrected chi connectivity index (χ1v) is 9.06. The molecule has 0 saturated carbocycles. The van der Waals surface area contributed by atoms with Crippen LogP contribution in [0.3, 0.4) is 0 Å². The average Bonchev–Trinajstić information content (AvgIpc) is 2.70. The number of benzene rings is 3. The summed E-state index contributed by atoms with van der Waals surface area (Å²) in [6, 6.07) is 21.7. The summed E-state index contributed by atoms with van der Waals surface area (Å²) in [4.78, 5) is 25.2. The van der Waals surface area contributed by atoms with Crippen molar-refractivity contribution >= 4 is 23.2 Å². The van der Waals surface area contributed by atoms with E-state index in [9.17, 15) is 14.0 Å². The molecule has 0 atom stereocenters. The van der Waals surface area contributed by atoms with Crippen LogP contribution >= 0.6 is 0 Å². The molecule has 0 fully saturated rings. The first kappa shape index (κ1) is 20.1. The number of amides is 2. The molecule has 3 aromatic carbocycles. The first-order valence-electron chi connectivity index (χ1n) is 9.06. The van der Waals surface area contributed by atoms with Crippen molar-refractivity contribution in [2.45, 2.75) is 13.8 Å². The van der Waals surface area contributed by atoms with Crippen LogP contribution in [0.5, 0.6) is 11.5 Å². The highest BCUT2D eigenvalue weighted by molar-refractivity contribution is 6.14. The zero-order chi connectivity index (χ0) is 20.9. The second-order valence-corrected chi connectivity index (χ2v) is 6.98. The van der Waals surface area contributed by atoms with Gasteiger partial charge in [-0.3, -0.25) is 9.59 Å². The molecule has 2 amide bonds. The Bertz CT molecular complexity index is 1000. The third kappa shape index (κ3) is 5.19. The van der Waals surface area contributed by atoms with Gasteiger partial charge in [0.15, 0.2) is 0 Å². The number of ether oxygens (including phenoxy) is 1. The third-order valence-electron chi connectivity index (χ3n) is 4.31. The van der Waals surface area contributed by atoms with E-state index in [1.165, 1.54) is 32.0 Å². The summed E-state index contributed by atoms with van der Waals surface area (Å²) in [6.45, 7) is 3.01. The van der Waals surface area contributed by atoms with Crippen molar-refractivity contribution in [3.8, 4) is 11.5 Å². The van der Waals surface area contributed by atoms with E-state index in [0.29, 0.717) is 22.9 Å². The van der Waals surface area contributed by atoms with Gasteiger partial charge in [-0.25, -0.2) is 4.39 Å². The summed E-state index contributed by atoms with van der Waals surface area (Å²) < 4.78 is 19.0. The summed E-state index contributed by atoms with van der Waals surface area (Å²) in [7, 11) is 0. The topological polar surface area (TPSA) is 67.4 Å². The molecule has 0 aliphatic heterocycles. The molecule has 148 valence electrons. The fraction of sp³-hybridized carbons (Fsp3) is 0.130. The van der Waals surface area contributed by atoms with E-state index in [4.69, 9.17) is 4.74 Å². The van der Waals surface area contributed by atoms with Crippen LogP contribution in [0.25, 0.3) is 0 Å². The lowest BCUT2D eigenvalue weighted by Crippen LogP contribution is -2.41. The maximum Gasteiger partial charge on any atom is 0.239 e. The van der Waals surface area contributed by atoms with Crippen LogP contribution in [-0.4, -0.2) is 11.8 Å². The molecule has 29 heavy (non-hydrogen) atoms. The van der Waals surface area contributed by atoms with Gasteiger partial charge in [-0.2, -0.15) is 0 Å². The average molecular weight is 392 g/mol. The number of rotatable bonds is 6. The van der Waals surface area contributed by atoms with Crippen molar-refractivity contribution in [1.29, 1.82) is 0 Å². The second kappa shape index (κ2) is 8.56. The minimum absolute atomic E-state index is 0.290. The molecule has 0 unspecified atom stereocenters. The van der Waals surface area contributed by atoms with Crippen LogP contribution in [0.2, 0.25) is 0 Å². The molecular formula is C23H21FN2O3. The maximum absolute atomic E-state index is 13.3. The summed E-state index contributed by atoms with van der Waals surface area (Å²) in [5, 5.41) is 5.29. The Labute approximate surface area is 168 Å². The van der Waals surface area contributed by atoms with E-state index >= 15 is 0 Å². The lowest BCUT2D eigenvalue weighted by atomic mass is 9.90. The van der Waals surface area contributed by atoms with Gasteiger partial charge in [-0.15, -0.1) is 0 Å². The summed E-state index contributed by atoms with van der Waals surface area (Å²) in [6.07, 6.45) is 0. The summed E-state index contributed by atoms with van der Waals surface area (Å²) in [5.41, 5.74) is -0.550. The molecule has 3 rings (SSSR count). The molecule has 0 aromatic heterocycles. The number of hydrogen-bond acceptors (Lipinski definition) is 3. The van der Waals surface area contributed by atoms with E-state index in [-0.39, 0.29) is 0 Å². The molecule has 5 nitrogen and oxygen atoms in total. The molecule has 0 aliphatic carbocycles. The second-order valence-electron chi connectivity index (χ2n) is 6.98. The Balaban J connectivity index is 1.62. The zero-order valence-electron chi connectivity index (χ0n) is 16.1. The number of anilines is 2. The van der Waals surface area contributed by atoms with Gasteiger partial charge < -0.3 is 15.4 Å². The molecule has 0 radical (unpaired) electrons. The number of para-hydroxylation sites is 1. The van der Waals surface area contributed by atoms with Gasteiger partial charge in [0.1, 0.15) is 22.7 Å². The smallest absolute Gasteiger partial charge is 0.239 e. The lowest BCUT2D eigenvalue weighted by Gasteiger charge is -2.23. The predicted molar refractivity (Wildman–Crippen MR) is 110 cm³/mol. The van der Waals surface area contributed by atoms with Crippen molar-refractivity contribution in [3.05, 3.63) is 84.7 Å². The van der Waals surface area contributed by atoms with Gasteiger partial charge in [0.2, 0.25) is 11.8 Å². The SMILES string of the molecule is CC(C)(C(=O)Nc1ccc(Oc2ccccc2)cc1)C(=O)Nc1cccc(F)c1. The number of halogens is 1. The Hall–Kier alpha value is -3.67. The molecule has 0 aliphatic rings. The van der Waals surface area contributed by atoms with Crippen molar-refractivity contribution in [3.63, 3.8) is 0 Å². The normalized spacial score (nSPS) is 10.9. The van der Waals surface area contributed by atoms with Crippen LogP contribution in [0.15, 0.2) is 78.9 Å². The number of carbonyl (C=O) groups is 2. The molecule has 6 heteroatoms. The van der Waals surface area contributed by atoms with E-state index in [2.05, 4.69) is 10.6 Å². The van der Waals surface area contributed by atoms with Crippen molar-refractivity contribution in [2.75, 3.05) is 10.6 Å². The van der Waals surface area contributed by atoms with Gasteiger partial charge in [0, 0.05) is 11.4 Å². The molecule has 0 bridgehead atoms. The minimum Gasteiger partial charge on any atom is -0.457 e. The zero-order valence-corrected chi connectivity index (χ0v) is 16.1. The van der Waals surface area contributed by atoms with Crippen molar-refractivity contribution < 1.29 is 18.7 Å². The Morgan fingerprint density at radius 1 is 0.759 bits per heavy atom. The summed E-state index contributed by atoms with van der Waals surface area (Å²) in [5.74, 6) is -0.160. The van der Waals surface area contributed by atoms with Gasteiger partial charge in [0.25, 0.3) is 0 Å². The van der Waals surface area contributed by atoms with Crippen LogP contribution in [-0.2, 0) is 9.59 Å². The Morgan fingerprint density at radius 2 is 1.34 bits per heavy atom. The predicted octanol–water partition coefficient (Wildman–Crippen LogP) is 5.22. The Kier molecular flexibility index (Phi) is 5.93. The molecule has 2 N–H and O–H groups in total. The molecule has 3 aromatic rings. The van der Waals surface area contributed by atoms with Gasteiger partial charge in [-0.05, 0) is 68.4 Å². The summed E-state index contributed by atoms with van der Waals surface area (Å²) >= 11 is 0. The molecule has 0 saturated heterocycles. The quantitative estimate of drug-likeness (QED) is 0.565. The highest BCUT2D eigenvalue weighted by Crippen LogP contribution is 2.25. The Morgan fingerprint density at radius 3 is 1.97 bits per heavy atom.